The van der Waals surface area contributed by atoms with Crippen molar-refractivity contribution in [2.75, 3.05) is 13.1 Å². The molecule has 5 nitrogen and oxygen atoms in total. The van der Waals surface area contributed by atoms with E-state index in [9.17, 15) is 4.79 Å². The van der Waals surface area contributed by atoms with E-state index in [1.165, 1.54) is 11.9 Å². The number of amides is 1. The molecule has 0 atom stereocenters. The first-order valence-corrected chi connectivity index (χ1v) is 8.96. The van der Waals surface area contributed by atoms with Crippen molar-refractivity contribution < 1.29 is 4.79 Å². The number of piperidine rings is 1. The number of carbonyl (C=O) groups excluding carboxylic acids is 1. The number of likely N-dealkylation sites (tertiary alicyclic amines) is 1. The van der Waals surface area contributed by atoms with Gasteiger partial charge in [-0.25, -0.2) is 9.67 Å². The molecule has 1 saturated heterocycles. The smallest absolute Gasteiger partial charge is 0.253 e. The van der Waals surface area contributed by atoms with Crippen LogP contribution in [0.15, 0.2) is 67.3 Å². The summed E-state index contributed by atoms with van der Waals surface area (Å²) in [4.78, 5) is 18.7. The maximum atomic E-state index is 12.8. The van der Waals surface area contributed by atoms with Crippen LogP contribution in [0.5, 0.6) is 0 Å². The van der Waals surface area contributed by atoms with E-state index in [4.69, 9.17) is 0 Å². The molecule has 0 unspecified atom stereocenters. The SMILES string of the molecule is CC1(c2ccccc2)CCN(C(=O)c2ccc(-n3cncn3)cc2)CC1. The molecule has 26 heavy (non-hydrogen) atoms. The van der Waals surface area contributed by atoms with Crippen LogP contribution in [0.25, 0.3) is 5.69 Å². The van der Waals surface area contributed by atoms with E-state index in [1.54, 1.807) is 11.0 Å². The Kier molecular flexibility index (Phi) is 4.29. The predicted molar refractivity (Wildman–Crippen MR) is 100 cm³/mol. The van der Waals surface area contributed by atoms with Crippen molar-refractivity contribution in [1.82, 2.24) is 19.7 Å². The quantitative estimate of drug-likeness (QED) is 0.730. The second-order valence-corrected chi connectivity index (χ2v) is 7.11. The maximum absolute atomic E-state index is 12.8. The summed E-state index contributed by atoms with van der Waals surface area (Å²) in [7, 11) is 0. The zero-order valence-electron chi connectivity index (χ0n) is 14.9. The minimum absolute atomic E-state index is 0.102. The van der Waals surface area contributed by atoms with Crippen LogP contribution in [-0.2, 0) is 5.41 Å². The van der Waals surface area contributed by atoms with E-state index in [1.807, 2.05) is 29.2 Å². The molecule has 1 amide bonds. The third kappa shape index (κ3) is 3.12. The highest BCUT2D eigenvalue weighted by Gasteiger charge is 2.33. The van der Waals surface area contributed by atoms with Gasteiger partial charge >= 0.3 is 0 Å². The molecule has 0 saturated carbocycles. The van der Waals surface area contributed by atoms with Gasteiger partial charge in [0, 0.05) is 18.7 Å². The molecule has 0 N–H and O–H groups in total. The lowest BCUT2D eigenvalue weighted by Gasteiger charge is -2.40. The Labute approximate surface area is 153 Å². The normalized spacial score (nSPS) is 16.4. The lowest BCUT2D eigenvalue weighted by atomic mass is 9.74. The van der Waals surface area contributed by atoms with Crippen LogP contribution in [-0.4, -0.2) is 38.7 Å². The van der Waals surface area contributed by atoms with Crippen molar-refractivity contribution in [3.8, 4) is 5.69 Å². The number of benzene rings is 2. The van der Waals surface area contributed by atoms with Gasteiger partial charge in [-0.3, -0.25) is 4.79 Å². The van der Waals surface area contributed by atoms with Crippen LogP contribution in [0.1, 0.15) is 35.7 Å². The second-order valence-electron chi connectivity index (χ2n) is 7.11. The largest absolute Gasteiger partial charge is 0.339 e. The molecular formula is C21H22N4O. The van der Waals surface area contributed by atoms with Crippen molar-refractivity contribution in [1.29, 1.82) is 0 Å². The third-order valence-corrected chi connectivity index (χ3v) is 5.42. The predicted octanol–water partition coefficient (Wildman–Crippen LogP) is 3.46. The Morgan fingerprint density at radius 2 is 1.69 bits per heavy atom. The van der Waals surface area contributed by atoms with Crippen LogP contribution in [0.3, 0.4) is 0 Å². The lowest BCUT2D eigenvalue weighted by Crippen LogP contribution is -2.43. The average Bonchev–Trinajstić information content (AvgIpc) is 3.24. The summed E-state index contributed by atoms with van der Waals surface area (Å²) in [5.41, 5.74) is 3.13. The van der Waals surface area contributed by atoms with Crippen LogP contribution in [0, 0.1) is 0 Å². The van der Waals surface area contributed by atoms with Crippen molar-refractivity contribution in [3.05, 3.63) is 78.4 Å². The highest BCUT2D eigenvalue weighted by atomic mass is 16.2. The summed E-state index contributed by atoms with van der Waals surface area (Å²) in [6.07, 6.45) is 5.11. The molecule has 0 aliphatic carbocycles. The number of aromatic nitrogens is 3. The molecule has 1 fully saturated rings. The molecule has 3 aromatic rings. The topological polar surface area (TPSA) is 51.0 Å². The van der Waals surface area contributed by atoms with Gasteiger partial charge in [0.2, 0.25) is 0 Å². The number of hydrogen-bond acceptors (Lipinski definition) is 3. The fourth-order valence-corrected chi connectivity index (χ4v) is 3.61. The molecule has 2 heterocycles. The van der Waals surface area contributed by atoms with Crippen molar-refractivity contribution in [2.45, 2.75) is 25.2 Å². The Balaban J connectivity index is 1.44. The number of hydrogen-bond donors (Lipinski definition) is 0. The molecule has 1 aromatic heterocycles. The zero-order valence-corrected chi connectivity index (χ0v) is 14.9. The molecule has 5 heteroatoms. The number of carbonyl (C=O) groups is 1. The molecule has 0 spiro atoms. The van der Waals surface area contributed by atoms with Crippen LogP contribution >= 0.6 is 0 Å². The minimum atomic E-state index is 0.102. The highest BCUT2D eigenvalue weighted by molar-refractivity contribution is 5.94. The summed E-state index contributed by atoms with van der Waals surface area (Å²) in [6, 6.07) is 18.2. The minimum Gasteiger partial charge on any atom is -0.339 e. The van der Waals surface area contributed by atoms with Crippen LogP contribution < -0.4 is 0 Å². The van der Waals surface area contributed by atoms with Gasteiger partial charge in [0.25, 0.3) is 5.91 Å². The van der Waals surface area contributed by atoms with E-state index in [0.717, 1.165) is 37.2 Å². The Morgan fingerprint density at radius 1 is 1.00 bits per heavy atom. The van der Waals surface area contributed by atoms with Crippen molar-refractivity contribution in [3.63, 3.8) is 0 Å². The first kappa shape index (κ1) is 16.5. The van der Waals surface area contributed by atoms with Gasteiger partial charge in [-0.05, 0) is 48.1 Å². The Hall–Kier alpha value is -2.95. The van der Waals surface area contributed by atoms with Crippen LogP contribution in [0.2, 0.25) is 0 Å². The molecule has 1 aliphatic heterocycles. The van der Waals surface area contributed by atoms with Crippen molar-refractivity contribution >= 4 is 5.91 Å². The summed E-state index contributed by atoms with van der Waals surface area (Å²) >= 11 is 0. The van der Waals surface area contributed by atoms with Gasteiger partial charge in [0.15, 0.2) is 0 Å². The average molecular weight is 346 g/mol. The molecule has 132 valence electrons. The summed E-state index contributed by atoms with van der Waals surface area (Å²) < 4.78 is 1.68. The summed E-state index contributed by atoms with van der Waals surface area (Å²) in [5, 5.41) is 4.11. The molecule has 2 aromatic carbocycles. The Morgan fingerprint density at radius 3 is 2.31 bits per heavy atom. The first-order valence-electron chi connectivity index (χ1n) is 8.96. The Bertz CT molecular complexity index is 864. The second kappa shape index (κ2) is 6.75. The summed E-state index contributed by atoms with van der Waals surface area (Å²) in [6.45, 7) is 3.88. The van der Waals surface area contributed by atoms with Gasteiger partial charge < -0.3 is 4.90 Å². The van der Waals surface area contributed by atoms with Crippen LogP contribution in [0.4, 0.5) is 0 Å². The van der Waals surface area contributed by atoms with Gasteiger partial charge in [-0.1, -0.05) is 37.3 Å². The number of nitrogens with zero attached hydrogens (tertiary/aromatic N) is 4. The van der Waals surface area contributed by atoms with Gasteiger partial charge in [0.05, 0.1) is 5.69 Å². The van der Waals surface area contributed by atoms with Crippen molar-refractivity contribution in [2.24, 2.45) is 0 Å². The molecule has 1 aliphatic rings. The molecule has 4 rings (SSSR count). The fraction of sp³-hybridized carbons (Fsp3) is 0.286. The standard InChI is InChI=1S/C21H22N4O/c1-21(18-5-3-2-4-6-18)11-13-24(14-12-21)20(26)17-7-9-19(10-8-17)25-16-22-15-23-25/h2-10,15-16H,11-14H2,1H3. The van der Waals surface area contributed by atoms with E-state index >= 15 is 0 Å². The van der Waals surface area contributed by atoms with E-state index in [0.29, 0.717) is 0 Å². The zero-order chi connectivity index (χ0) is 18.0. The molecule has 0 bridgehead atoms. The van der Waals surface area contributed by atoms with Gasteiger partial charge in [-0.15, -0.1) is 0 Å². The first-order chi connectivity index (χ1) is 12.7. The number of rotatable bonds is 3. The lowest BCUT2D eigenvalue weighted by molar-refractivity contribution is 0.0676. The third-order valence-electron chi connectivity index (χ3n) is 5.42. The summed E-state index contributed by atoms with van der Waals surface area (Å²) in [5.74, 6) is 0.102. The molecular weight excluding hydrogens is 324 g/mol. The van der Waals surface area contributed by atoms with Gasteiger partial charge in [-0.2, -0.15) is 5.10 Å². The maximum Gasteiger partial charge on any atom is 0.253 e. The van der Waals surface area contributed by atoms with E-state index in [-0.39, 0.29) is 11.3 Å². The van der Waals surface area contributed by atoms with E-state index < -0.39 is 0 Å². The molecule has 0 radical (unpaired) electrons. The highest BCUT2D eigenvalue weighted by Crippen LogP contribution is 2.35. The monoisotopic (exact) mass is 346 g/mol. The van der Waals surface area contributed by atoms with Gasteiger partial charge in [0.1, 0.15) is 12.7 Å². The fourth-order valence-electron chi connectivity index (χ4n) is 3.61. The van der Waals surface area contributed by atoms with E-state index in [2.05, 4.69) is 47.3 Å².